The smallest absolute Gasteiger partial charge is 0.0547 e. The second-order valence-electron chi connectivity index (χ2n) is 17.4. The molecule has 0 fully saturated rings. The molecule has 0 amide bonds. The first-order valence-electron chi connectivity index (χ1n) is 22.6. The van der Waals surface area contributed by atoms with Crippen LogP contribution in [0.5, 0.6) is 0 Å². The Balaban J connectivity index is 1.01. The molecule has 0 aliphatic heterocycles. The van der Waals surface area contributed by atoms with Crippen molar-refractivity contribution in [3.8, 4) is 28.2 Å². The molecule has 0 aliphatic rings. The summed E-state index contributed by atoms with van der Waals surface area (Å²) in [6.45, 7) is 0. The lowest BCUT2D eigenvalue weighted by atomic mass is 9.99. The quantitative estimate of drug-likeness (QED) is 0.145. The Labute approximate surface area is 377 Å². The van der Waals surface area contributed by atoms with Crippen molar-refractivity contribution in [2.24, 2.45) is 0 Å². The van der Waals surface area contributed by atoms with E-state index in [1.54, 1.807) is 0 Å². The lowest BCUT2D eigenvalue weighted by Crippen LogP contribution is -1.96. The number of rotatable bonds is 8. The predicted molar refractivity (Wildman–Crippen MR) is 273 cm³/mol. The molecule has 13 aromatic rings. The summed E-state index contributed by atoms with van der Waals surface area (Å²) in [7, 11) is 0. The third kappa shape index (κ3) is 6.27. The van der Waals surface area contributed by atoms with Crippen LogP contribution in [0.4, 0.5) is 0 Å². The molecule has 0 N–H and O–H groups in total. The molecule has 0 spiro atoms. The van der Waals surface area contributed by atoms with Gasteiger partial charge in [0.05, 0.1) is 33.1 Å². The summed E-state index contributed by atoms with van der Waals surface area (Å²) in [6, 6.07) is 87.1. The Bertz CT molecular complexity index is 3910. The lowest BCUT2D eigenvalue weighted by molar-refractivity contribution is 1.16. The van der Waals surface area contributed by atoms with Gasteiger partial charge in [0.1, 0.15) is 0 Å². The van der Waals surface area contributed by atoms with Gasteiger partial charge in [-0.25, -0.2) is 0 Å². The molecule has 0 radical (unpaired) electrons. The fraction of sp³-hybridized carbons (Fsp3) is 0.0323. The molecule has 0 atom stereocenters. The molecule has 3 nitrogen and oxygen atoms in total. The van der Waals surface area contributed by atoms with Crippen molar-refractivity contribution in [1.82, 2.24) is 13.7 Å². The van der Waals surface area contributed by atoms with Gasteiger partial charge in [-0.05, 0) is 137 Å². The molecular weight excluding hydrogens is 787 g/mol. The first-order valence-corrected chi connectivity index (χ1v) is 22.6. The lowest BCUT2D eigenvalue weighted by Gasteiger charge is -2.11. The Hall–Kier alpha value is -8.40. The maximum Gasteiger partial charge on any atom is 0.0547 e. The summed E-state index contributed by atoms with van der Waals surface area (Å²) in [5.74, 6) is 0. The van der Waals surface area contributed by atoms with E-state index in [0.717, 1.165) is 29.9 Å². The summed E-state index contributed by atoms with van der Waals surface area (Å²) in [5.41, 5.74) is 18.3. The fourth-order valence-corrected chi connectivity index (χ4v) is 10.5. The van der Waals surface area contributed by atoms with Gasteiger partial charge in [-0.2, -0.15) is 0 Å². The number of para-hydroxylation sites is 3. The number of benzene rings is 10. The summed E-state index contributed by atoms with van der Waals surface area (Å²) in [4.78, 5) is 0. The van der Waals surface area contributed by atoms with Crippen LogP contribution in [-0.2, 0) is 12.8 Å². The normalized spacial score (nSPS) is 11.8. The summed E-state index contributed by atoms with van der Waals surface area (Å²) >= 11 is 0. The topological polar surface area (TPSA) is 14.8 Å². The predicted octanol–water partition coefficient (Wildman–Crippen LogP) is 15.8. The largest absolute Gasteiger partial charge is 0.309 e. The Morgan fingerprint density at radius 2 is 0.615 bits per heavy atom. The summed E-state index contributed by atoms with van der Waals surface area (Å²) in [5, 5.41) is 7.51. The van der Waals surface area contributed by atoms with Gasteiger partial charge < -0.3 is 13.7 Å². The molecule has 3 heteroatoms. The molecular formula is C62H43N3. The highest BCUT2D eigenvalue weighted by Crippen LogP contribution is 2.41. The van der Waals surface area contributed by atoms with E-state index in [1.807, 2.05) is 0 Å². The Kier molecular flexibility index (Phi) is 8.67. The van der Waals surface area contributed by atoms with E-state index in [0.29, 0.717) is 0 Å². The van der Waals surface area contributed by atoms with Crippen LogP contribution in [0.1, 0.15) is 22.3 Å². The third-order valence-electron chi connectivity index (χ3n) is 13.4. The molecule has 0 aliphatic carbocycles. The molecule has 0 saturated heterocycles. The van der Waals surface area contributed by atoms with Crippen LogP contribution in [0.25, 0.3) is 93.6 Å². The van der Waals surface area contributed by atoms with Crippen molar-refractivity contribution in [3.05, 3.63) is 259 Å². The molecule has 65 heavy (non-hydrogen) atoms. The molecule has 3 heterocycles. The van der Waals surface area contributed by atoms with E-state index < -0.39 is 0 Å². The maximum atomic E-state index is 2.49. The van der Waals surface area contributed by atoms with Gasteiger partial charge in [-0.1, -0.05) is 146 Å². The van der Waals surface area contributed by atoms with Crippen LogP contribution in [0.3, 0.4) is 0 Å². The molecule has 3 aromatic heterocycles. The molecule has 0 unspecified atom stereocenters. The van der Waals surface area contributed by atoms with E-state index in [1.165, 1.54) is 98.8 Å². The van der Waals surface area contributed by atoms with E-state index in [-0.39, 0.29) is 0 Å². The van der Waals surface area contributed by atoms with E-state index in [2.05, 4.69) is 250 Å². The summed E-state index contributed by atoms with van der Waals surface area (Å²) in [6.07, 6.45) is 1.78. The van der Waals surface area contributed by atoms with Crippen LogP contribution in [-0.4, -0.2) is 13.7 Å². The minimum absolute atomic E-state index is 0.885. The van der Waals surface area contributed by atoms with Gasteiger partial charge in [0.25, 0.3) is 0 Å². The SMILES string of the molecule is c1ccc(Cc2ccc3c(c2)c2cc(-c4ccc5c6cc(Cc7ccccc7)ccc6n(-c6ccc7c(c6)c6ccccc6n7-c6ccccc6)c5c4)ccc2n3-c2ccccc2)cc1. The standard InChI is InChI=1S/C62H43N3/c1-5-15-42(16-6-1)35-44-25-31-58-53(37-44)52-30-27-47(40-62(52)65(58)50-29-34-61-56(41-50)51-23-13-14-24-57(51)63(61)48-19-9-3-10-20-48)46-28-33-60-55(39-46)54-38-45(36-43-17-7-2-8-18-43)26-32-59(54)64(60)49-21-11-4-12-22-49/h1-34,37-41H,35-36H2. The minimum Gasteiger partial charge on any atom is -0.309 e. The van der Waals surface area contributed by atoms with Gasteiger partial charge in [-0.3, -0.25) is 0 Å². The third-order valence-corrected chi connectivity index (χ3v) is 13.4. The summed E-state index contributed by atoms with van der Waals surface area (Å²) < 4.78 is 7.30. The highest BCUT2D eigenvalue weighted by Gasteiger charge is 2.19. The van der Waals surface area contributed by atoms with Gasteiger partial charge in [-0.15, -0.1) is 0 Å². The highest BCUT2D eigenvalue weighted by molar-refractivity contribution is 6.14. The monoisotopic (exact) mass is 829 g/mol. The maximum absolute atomic E-state index is 2.49. The van der Waals surface area contributed by atoms with E-state index in [4.69, 9.17) is 0 Å². The number of hydrogen-bond acceptors (Lipinski definition) is 0. The zero-order valence-corrected chi connectivity index (χ0v) is 35.8. The van der Waals surface area contributed by atoms with Crippen LogP contribution >= 0.6 is 0 Å². The van der Waals surface area contributed by atoms with Crippen molar-refractivity contribution in [2.75, 3.05) is 0 Å². The molecule has 13 rings (SSSR count). The van der Waals surface area contributed by atoms with Crippen molar-refractivity contribution < 1.29 is 0 Å². The van der Waals surface area contributed by atoms with E-state index >= 15 is 0 Å². The number of fused-ring (bicyclic) bond motifs is 9. The first-order chi connectivity index (χ1) is 32.2. The average molecular weight is 830 g/mol. The minimum atomic E-state index is 0.885. The fourth-order valence-electron chi connectivity index (χ4n) is 10.5. The Morgan fingerprint density at radius 1 is 0.215 bits per heavy atom. The van der Waals surface area contributed by atoms with Gasteiger partial charge in [0.15, 0.2) is 0 Å². The number of hydrogen-bond donors (Lipinski definition) is 0. The second-order valence-corrected chi connectivity index (χ2v) is 17.4. The van der Waals surface area contributed by atoms with E-state index in [9.17, 15) is 0 Å². The van der Waals surface area contributed by atoms with Gasteiger partial charge >= 0.3 is 0 Å². The molecule has 306 valence electrons. The van der Waals surface area contributed by atoms with Crippen LogP contribution in [0.2, 0.25) is 0 Å². The highest BCUT2D eigenvalue weighted by atomic mass is 15.0. The molecule has 10 aromatic carbocycles. The average Bonchev–Trinajstić information content (AvgIpc) is 3.99. The van der Waals surface area contributed by atoms with Crippen LogP contribution < -0.4 is 0 Å². The van der Waals surface area contributed by atoms with Crippen molar-refractivity contribution >= 4 is 65.4 Å². The van der Waals surface area contributed by atoms with Crippen LogP contribution in [0, 0.1) is 0 Å². The van der Waals surface area contributed by atoms with Crippen molar-refractivity contribution in [2.45, 2.75) is 12.8 Å². The van der Waals surface area contributed by atoms with Gasteiger partial charge in [0, 0.05) is 49.4 Å². The molecule has 0 saturated carbocycles. The van der Waals surface area contributed by atoms with Gasteiger partial charge in [0.2, 0.25) is 0 Å². The number of nitrogens with zero attached hydrogens (tertiary/aromatic N) is 3. The van der Waals surface area contributed by atoms with Crippen molar-refractivity contribution in [1.29, 1.82) is 0 Å². The number of aromatic nitrogens is 3. The Morgan fingerprint density at radius 3 is 1.22 bits per heavy atom. The van der Waals surface area contributed by atoms with Crippen molar-refractivity contribution in [3.63, 3.8) is 0 Å². The van der Waals surface area contributed by atoms with Crippen LogP contribution in [0.15, 0.2) is 237 Å². The zero-order valence-electron chi connectivity index (χ0n) is 35.8. The molecule has 0 bridgehead atoms. The zero-order chi connectivity index (χ0) is 42.8. The first kappa shape index (κ1) is 37.2. The second kappa shape index (κ2) is 15.1.